The van der Waals surface area contributed by atoms with E-state index in [2.05, 4.69) is 5.32 Å². The maximum Gasteiger partial charge on any atom is 0.272 e. The fourth-order valence-corrected chi connectivity index (χ4v) is 2.18. The van der Waals surface area contributed by atoms with Crippen LogP contribution in [0.4, 0.5) is 8.78 Å². The van der Waals surface area contributed by atoms with E-state index in [1.54, 1.807) is 0 Å². The number of nitrogens with one attached hydrogen (secondary N) is 1. The number of hydrogen-bond donors (Lipinski definition) is 1. The summed E-state index contributed by atoms with van der Waals surface area (Å²) in [5.41, 5.74) is 0. The third kappa shape index (κ3) is 4.39. The minimum absolute atomic E-state index is 0. The van der Waals surface area contributed by atoms with Crippen LogP contribution in [0.5, 0.6) is 0 Å². The number of piperidine rings is 1. The Bertz CT molecular complexity index is 179. The molecule has 0 saturated carbocycles. The Morgan fingerprint density at radius 3 is 2.40 bits per heavy atom. The molecule has 2 aliphatic rings. The lowest BCUT2D eigenvalue weighted by Gasteiger charge is -2.41. The molecule has 0 spiro atoms. The largest absolute Gasteiger partial charge is 0.316 e. The van der Waals surface area contributed by atoms with Gasteiger partial charge in [-0.25, -0.2) is 8.78 Å². The second-order valence-corrected chi connectivity index (χ2v) is 4.24. The van der Waals surface area contributed by atoms with E-state index in [4.69, 9.17) is 0 Å². The molecular weight excluding hydrogens is 245 g/mol. The summed E-state index contributed by atoms with van der Waals surface area (Å²) < 4.78 is 25.0. The van der Waals surface area contributed by atoms with Crippen LogP contribution in [0.2, 0.25) is 0 Å². The van der Waals surface area contributed by atoms with E-state index in [9.17, 15) is 8.78 Å². The summed E-state index contributed by atoms with van der Waals surface area (Å²) in [6.07, 6.45) is 2.38. The summed E-state index contributed by atoms with van der Waals surface area (Å²) in [6.45, 7) is 2.89. The van der Waals surface area contributed by atoms with Gasteiger partial charge in [0.05, 0.1) is 13.1 Å². The van der Waals surface area contributed by atoms with Crippen molar-refractivity contribution in [3.05, 3.63) is 0 Å². The summed E-state index contributed by atoms with van der Waals surface area (Å²) in [5.74, 6) is -1.81. The highest BCUT2D eigenvalue weighted by atomic mass is 35.5. The Labute approximate surface area is 102 Å². The summed E-state index contributed by atoms with van der Waals surface area (Å²) in [4.78, 5) is 1.86. The zero-order valence-electron chi connectivity index (χ0n) is 8.55. The predicted octanol–water partition coefficient (Wildman–Crippen LogP) is 1.78. The second-order valence-electron chi connectivity index (χ2n) is 4.24. The molecule has 0 aromatic rings. The van der Waals surface area contributed by atoms with Crippen molar-refractivity contribution in [2.75, 3.05) is 32.7 Å². The maximum absolute atomic E-state index is 12.5. The first-order valence-corrected chi connectivity index (χ1v) is 4.97. The molecule has 1 N–H and O–H groups in total. The normalized spacial score (nSPS) is 29.6. The SMILES string of the molecule is Cl.Cl.FC1(F)CN(CC2CCCNC2)C1. The van der Waals surface area contributed by atoms with E-state index in [1.165, 1.54) is 12.8 Å². The number of hydrogen-bond acceptors (Lipinski definition) is 2. The van der Waals surface area contributed by atoms with Gasteiger partial charge in [0.2, 0.25) is 0 Å². The van der Waals surface area contributed by atoms with Crippen LogP contribution in [-0.4, -0.2) is 43.5 Å². The molecule has 0 amide bonds. The third-order valence-electron chi connectivity index (χ3n) is 2.83. The molecule has 1 unspecified atom stereocenters. The van der Waals surface area contributed by atoms with Gasteiger partial charge < -0.3 is 5.32 Å². The Morgan fingerprint density at radius 2 is 1.93 bits per heavy atom. The summed E-state index contributed by atoms with van der Waals surface area (Å²) in [7, 11) is 0. The molecule has 0 aromatic heterocycles. The molecule has 2 nitrogen and oxygen atoms in total. The van der Waals surface area contributed by atoms with Gasteiger partial charge >= 0.3 is 0 Å². The first-order valence-electron chi connectivity index (χ1n) is 4.97. The van der Waals surface area contributed by atoms with Crippen molar-refractivity contribution in [3.63, 3.8) is 0 Å². The van der Waals surface area contributed by atoms with Crippen LogP contribution in [0.15, 0.2) is 0 Å². The molecule has 1 atom stereocenters. The van der Waals surface area contributed by atoms with Crippen LogP contribution in [0.1, 0.15) is 12.8 Å². The Balaban J connectivity index is 0.000000980. The van der Waals surface area contributed by atoms with Crippen LogP contribution in [0.3, 0.4) is 0 Å². The van der Waals surface area contributed by atoms with Gasteiger partial charge in [-0.05, 0) is 31.8 Å². The van der Waals surface area contributed by atoms with Crippen LogP contribution in [-0.2, 0) is 0 Å². The highest BCUT2D eigenvalue weighted by molar-refractivity contribution is 5.85. The van der Waals surface area contributed by atoms with Crippen LogP contribution >= 0.6 is 24.8 Å². The van der Waals surface area contributed by atoms with Gasteiger partial charge in [-0.2, -0.15) is 0 Å². The molecule has 0 aliphatic carbocycles. The standard InChI is InChI=1S/C9H16F2N2.2ClH/c10-9(11)6-13(7-9)5-8-2-1-3-12-4-8;;/h8,12H,1-7H2;2*1H. The minimum Gasteiger partial charge on any atom is -0.316 e. The molecule has 0 bridgehead atoms. The van der Waals surface area contributed by atoms with Crippen LogP contribution in [0, 0.1) is 5.92 Å². The van der Waals surface area contributed by atoms with Gasteiger partial charge in [-0.3, -0.25) is 4.90 Å². The molecule has 2 saturated heterocycles. The molecule has 2 rings (SSSR count). The summed E-state index contributed by atoms with van der Waals surface area (Å²) in [6, 6.07) is 0. The number of rotatable bonds is 2. The molecule has 2 heterocycles. The van der Waals surface area contributed by atoms with E-state index >= 15 is 0 Å². The van der Waals surface area contributed by atoms with Crippen molar-refractivity contribution in [3.8, 4) is 0 Å². The monoisotopic (exact) mass is 262 g/mol. The Kier molecular flexibility index (Phi) is 6.33. The average Bonchev–Trinajstić information content (AvgIpc) is 2.03. The lowest BCUT2D eigenvalue weighted by atomic mass is 9.97. The first-order chi connectivity index (χ1) is 6.16. The lowest BCUT2D eigenvalue weighted by molar-refractivity contribution is -0.134. The quantitative estimate of drug-likeness (QED) is 0.817. The molecule has 15 heavy (non-hydrogen) atoms. The summed E-state index contributed by atoms with van der Waals surface area (Å²) >= 11 is 0. The van der Waals surface area contributed by atoms with Crippen LogP contribution < -0.4 is 5.32 Å². The average molecular weight is 263 g/mol. The van der Waals surface area contributed by atoms with Gasteiger partial charge in [0.15, 0.2) is 0 Å². The van der Waals surface area contributed by atoms with Crippen molar-refractivity contribution >= 4 is 24.8 Å². The molecule has 92 valence electrons. The lowest BCUT2D eigenvalue weighted by Crippen LogP contribution is -2.58. The minimum atomic E-state index is -2.40. The zero-order chi connectivity index (χ0) is 9.31. The van der Waals surface area contributed by atoms with E-state index < -0.39 is 5.92 Å². The van der Waals surface area contributed by atoms with E-state index in [0.717, 1.165) is 19.6 Å². The molecule has 6 heteroatoms. The molecule has 0 radical (unpaired) electrons. The fraction of sp³-hybridized carbons (Fsp3) is 1.00. The second kappa shape index (κ2) is 6.18. The highest BCUT2D eigenvalue weighted by Crippen LogP contribution is 2.28. The van der Waals surface area contributed by atoms with Crippen molar-refractivity contribution in [2.24, 2.45) is 5.92 Å². The molecule has 0 aromatic carbocycles. The highest BCUT2D eigenvalue weighted by Gasteiger charge is 2.44. The molecule has 2 fully saturated rings. The number of alkyl halides is 2. The fourth-order valence-electron chi connectivity index (χ4n) is 2.18. The van der Waals surface area contributed by atoms with Gasteiger partial charge in [0, 0.05) is 6.54 Å². The van der Waals surface area contributed by atoms with Crippen molar-refractivity contribution in [1.29, 1.82) is 0 Å². The summed E-state index contributed by atoms with van der Waals surface area (Å²) in [5, 5.41) is 3.29. The predicted molar refractivity (Wildman–Crippen MR) is 61.5 cm³/mol. The maximum atomic E-state index is 12.5. The number of nitrogens with zero attached hydrogens (tertiary/aromatic N) is 1. The van der Waals surface area contributed by atoms with Crippen molar-refractivity contribution in [1.82, 2.24) is 10.2 Å². The van der Waals surface area contributed by atoms with Gasteiger partial charge in [0.25, 0.3) is 5.92 Å². The Morgan fingerprint density at radius 1 is 1.27 bits per heavy atom. The van der Waals surface area contributed by atoms with Crippen molar-refractivity contribution < 1.29 is 8.78 Å². The molecular formula is C9H18Cl2F2N2. The van der Waals surface area contributed by atoms with Gasteiger partial charge in [-0.15, -0.1) is 24.8 Å². The Hall–Kier alpha value is 0.360. The van der Waals surface area contributed by atoms with Gasteiger partial charge in [-0.1, -0.05) is 0 Å². The van der Waals surface area contributed by atoms with Gasteiger partial charge in [0.1, 0.15) is 0 Å². The van der Waals surface area contributed by atoms with E-state index in [1.807, 2.05) is 4.90 Å². The first kappa shape index (κ1) is 15.4. The molecule has 2 aliphatic heterocycles. The smallest absolute Gasteiger partial charge is 0.272 e. The van der Waals surface area contributed by atoms with E-state index in [0.29, 0.717) is 5.92 Å². The number of likely N-dealkylation sites (tertiary alicyclic amines) is 1. The zero-order valence-corrected chi connectivity index (χ0v) is 10.2. The third-order valence-corrected chi connectivity index (χ3v) is 2.83. The van der Waals surface area contributed by atoms with Crippen molar-refractivity contribution in [2.45, 2.75) is 18.8 Å². The van der Waals surface area contributed by atoms with E-state index in [-0.39, 0.29) is 37.9 Å². The topological polar surface area (TPSA) is 15.3 Å². The van der Waals surface area contributed by atoms with Crippen LogP contribution in [0.25, 0.3) is 0 Å². The number of halogens is 4.